The first-order chi connectivity index (χ1) is 14.2. The molecule has 0 unspecified atom stereocenters. The lowest BCUT2D eigenvalue weighted by Crippen LogP contribution is -2.32. The molecule has 8 heteroatoms. The molecule has 0 saturated carbocycles. The summed E-state index contributed by atoms with van der Waals surface area (Å²) in [5.41, 5.74) is 0. The Morgan fingerprint density at radius 1 is 0.828 bits per heavy atom. The summed E-state index contributed by atoms with van der Waals surface area (Å²) in [6.07, 6.45) is 0.646. The van der Waals surface area contributed by atoms with Gasteiger partial charge < -0.3 is 29.6 Å². The lowest BCUT2D eigenvalue weighted by molar-refractivity contribution is -0.123. The first-order valence-corrected chi connectivity index (χ1v) is 9.28. The van der Waals surface area contributed by atoms with Gasteiger partial charge in [-0.3, -0.25) is 9.59 Å². The summed E-state index contributed by atoms with van der Waals surface area (Å²) in [4.78, 5) is 22.4. The molecular formula is C21H26N2O6. The zero-order valence-electron chi connectivity index (χ0n) is 16.4. The van der Waals surface area contributed by atoms with E-state index in [4.69, 9.17) is 18.9 Å². The topological polar surface area (TPSA) is 95.1 Å². The van der Waals surface area contributed by atoms with Crippen molar-refractivity contribution in [1.82, 2.24) is 10.6 Å². The number of nitrogens with one attached hydrogen (secondary N) is 2. The molecule has 29 heavy (non-hydrogen) atoms. The van der Waals surface area contributed by atoms with Crippen LogP contribution < -0.4 is 29.6 Å². The van der Waals surface area contributed by atoms with Gasteiger partial charge in [-0.1, -0.05) is 24.3 Å². The summed E-state index contributed by atoms with van der Waals surface area (Å²) < 4.78 is 22.1. The van der Waals surface area contributed by atoms with Gasteiger partial charge in [-0.25, -0.2) is 0 Å². The van der Waals surface area contributed by atoms with Crippen LogP contribution in [0.15, 0.2) is 48.5 Å². The van der Waals surface area contributed by atoms with Crippen molar-refractivity contribution in [3.05, 3.63) is 48.5 Å². The van der Waals surface area contributed by atoms with Crippen LogP contribution >= 0.6 is 0 Å². The van der Waals surface area contributed by atoms with Crippen LogP contribution in [0, 0.1) is 0 Å². The number of benzene rings is 2. The van der Waals surface area contributed by atoms with E-state index in [0.717, 1.165) is 6.54 Å². The van der Waals surface area contributed by atoms with E-state index in [0.29, 0.717) is 42.4 Å². The van der Waals surface area contributed by atoms with E-state index in [-0.39, 0.29) is 25.7 Å². The average molecular weight is 402 g/mol. The summed E-state index contributed by atoms with van der Waals surface area (Å²) in [7, 11) is 1.86. The normalized spacial score (nSPS) is 10.1. The molecule has 0 heterocycles. The molecule has 2 N–H and O–H groups in total. The van der Waals surface area contributed by atoms with Crippen LogP contribution in [0.2, 0.25) is 0 Å². The van der Waals surface area contributed by atoms with E-state index in [2.05, 4.69) is 10.6 Å². The molecule has 0 aliphatic rings. The molecule has 0 bridgehead atoms. The molecule has 156 valence electrons. The van der Waals surface area contributed by atoms with Gasteiger partial charge in [0.2, 0.25) is 0 Å². The molecule has 0 fully saturated rings. The second-order valence-corrected chi connectivity index (χ2v) is 5.81. The number of hydrogen-bond donors (Lipinski definition) is 2. The Hall–Kier alpha value is -3.26. The second kappa shape index (κ2) is 13.0. The first-order valence-electron chi connectivity index (χ1n) is 9.28. The fourth-order valence-corrected chi connectivity index (χ4v) is 2.31. The average Bonchev–Trinajstić information content (AvgIpc) is 2.75. The minimum Gasteiger partial charge on any atom is -0.488 e. The van der Waals surface area contributed by atoms with Crippen molar-refractivity contribution in [2.24, 2.45) is 0 Å². The van der Waals surface area contributed by atoms with E-state index in [1.165, 1.54) is 0 Å². The molecule has 2 aromatic carbocycles. The summed E-state index contributed by atoms with van der Waals surface area (Å²) in [5.74, 6) is 1.79. The quantitative estimate of drug-likeness (QED) is 0.365. The van der Waals surface area contributed by atoms with Gasteiger partial charge in [0, 0.05) is 6.54 Å². The van der Waals surface area contributed by atoms with Crippen LogP contribution in [0.1, 0.15) is 0 Å². The van der Waals surface area contributed by atoms with Crippen molar-refractivity contribution < 1.29 is 28.5 Å². The highest BCUT2D eigenvalue weighted by Crippen LogP contribution is 2.26. The number of amides is 1. The fourth-order valence-electron chi connectivity index (χ4n) is 2.31. The van der Waals surface area contributed by atoms with Crippen LogP contribution in [0.5, 0.6) is 23.0 Å². The number of aldehydes is 1. The van der Waals surface area contributed by atoms with E-state index < -0.39 is 0 Å². The largest absolute Gasteiger partial charge is 0.488 e. The van der Waals surface area contributed by atoms with E-state index in [1.54, 1.807) is 24.3 Å². The Balaban J connectivity index is 1.71. The second-order valence-electron chi connectivity index (χ2n) is 5.81. The minimum absolute atomic E-state index is 0.0793. The maximum atomic E-state index is 12.0. The summed E-state index contributed by atoms with van der Waals surface area (Å²) in [6, 6.07) is 14.2. The van der Waals surface area contributed by atoms with Crippen molar-refractivity contribution >= 4 is 12.2 Å². The maximum Gasteiger partial charge on any atom is 0.258 e. The number of rotatable bonds is 14. The number of likely N-dealkylation sites (N-methyl/N-ethyl adjacent to an activating group) is 1. The highest BCUT2D eigenvalue weighted by atomic mass is 16.5. The van der Waals surface area contributed by atoms with E-state index in [1.807, 2.05) is 31.3 Å². The lowest BCUT2D eigenvalue weighted by atomic mass is 10.3. The van der Waals surface area contributed by atoms with Crippen molar-refractivity contribution in [1.29, 1.82) is 0 Å². The summed E-state index contributed by atoms with van der Waals surface area (Å²) in [6.45, 7) is 1.61. The number of ether oxygens (including phenoxy) is 4. The Morgan fingerprint density at radius 2 is 1.34 bits per heavy atom. The van der Waals surface area contributed by atoms with Crippen LogP contribution in [0.4, 0.5) is 0 Å². The van der Waals surface area contributed by atoms with Gasteiger partial charge in [0.1, 0.15) is 19.8 Å². The Labute approximate surface area is 170 Å². The molecule has 0 spiro atoms. The van der Waals surface area contributed by atoms with Gasteiger partial charge in [-0.2, -0.15) is 0 Å². The van der Waals surface area contributed by atoms with Crippen molar-refractivity contribution in [3.63, 3.8) is 0 Å². The Kier molecular flexibility index (Phi) is 9.88. The highest BCUT2D eigenvalue weighted by molar-refractivity contribution is 5.77. The lowest BCUT2D eigenvalue weighted by Gasteiger charge is -2.13. The molecule has 0 aliphatic carbocycles. The van der Waals surface area contributed by atoms with Gasteiger partial charge in [-0.15, -0.1) is 0 Å². The number of hydrogen-bond acceptors (Lipinski definition) is 7. The predicted octanol–water partition coefficient (Wildman–Crippen LogP) is 1.44. The number of carbonyl (C=O) groups is 2. The van der Waals surface area contributed by atoms with E-state index >= 15 is 0 Å². The first kappa shape index (κ1) is 22.0. The van der Waals surface area contributed by atoms with Crippen LogP contribution in [0.3, 0.4) is 0 Å². The molecule has 0 radical (unpaired) electrons. The smallest absolute Gasteiger partial charge is 0.258 e. The van der Waals surface area contributed by atoms with Crippen LogP contribution in [0.25, 0.3) is 0 Å². The standard InChI is InChI=1S/C21H26N2O6/c1-22-10-13-26-17-6-2-3-7-18(17)27-14-11-23-21(25)16-29-20-9-5-4-8-19(20)28-15-12-24/h2-9,12,22H,10-11,13-16H2,1H3,(H,23,25). The zero-order valence-corrected chi connectivity index (χ0v) is 16.4. The fraction of sp³-hybridized carbons (Fsp3) is 0.333. The molecular weight excluding hydrogens is 376 g/mol. The van der Waals surface area contributed by atoms with Crippen LogP contribution in [-0.4, -0.2) is 58.8 Å². The van der Waals surface area contributed by atoms with Gasteiger partial charge in [0.25, 0.3) is 5.91 Å². The third kappa shape index (κ3) is 8.10. The molecule has 8 nitrogen and oxygen atoms in total. The monoisotopic (exact) mass is 402 g/mol. The van der Waals surface area contributed by atoms with Gasteiger partial charge in [0.15, 0.2) is 35.9 Å². The number of para-hydroxylation sites is 4. The Morgan fingerprint density at radius 3 is 1.90 bits per heavy atom. The summed E-state index contributed by atoms with van der Waals surface area (Å²) in [5, 5.41) is 5.73. The van der Waals surface area contributed by atoms with Gasteiger partial charge in [0.05, 0.1) is 6.54 Å². The molecule has 2 aromatic rings. The molecule has 1 amide bonds. The Bertz CT molecular complexity index is 768. The number of carbonyl (C=O) groups excluding carboxylic acids is 2. The van der Waals surface area contributed by atoms with Crippen molar-refractivity contribution in [3.8, 4) is 23.0 Å². The van der Waals surface area contributed by atoms with Gasteiger partial charge >= 0.3 is 0 Å². The molecule has 0 saturated heterocycles. The summed E-state index contributed by atoms with van der Waals surface area (Å²) >= 11 is 0. The van der Waals surface area contributed by atoms with Crippen molar-refractivity contribution in [2.45, 2.75) is 0 Å². The van der Waals surface area contributed by atoms with Crippen molar-refractivity contribution in [2.75, 3.05) is 46.6 Å². The highest BCUT2D eigenvalue weighted by Gasteiger charge is 2.08. The predicted molar refractivity (Wildman–Crippen MR) is 108 cm³/mol. The molecule has 0 aliphatic heterocycles. The third-order valence-corrected chi connectivity index (χ3v) is 3.66. The van der Waals surface area contributed by atoms with Gasteiger partial charge in [-0.05, 0) is 31.3 Å². The molecule has 2 rings (SSSR count). The molecule has 0 aromatic heterocycles. The maximum absolute atomic E-state index is 12.0. The minimum atomic E-state index is -0.294. The van der Waals surface area contributed by atoms with Crippen LogP contribution in [-0.2, 0) is 9.59 Å². The zero-order chi connectivity index (χ0) is 20.7. The third-order valence-electron chi connectivity index (χ3n) is 3.66. The van der Waals surface area contributed by atoms with E-state index in [9.17, 15) is 9.59 Å². The molecule has 0 atom stereocenters. The SMILES string of the molecule is CNCCOc1ccccc1OCCNC(=O)COc1ccccc1OCC=O.